The summed E-state index contributed by atoms with van der Waals surface area (Å²) in [6.45, 7) is 6.17. The molecule has 0 aromatic heterocycles. The number of hydrogen-bond acceptors (Lipinski definition) is 4. The van der Waals surface area contributed by atoms with Crippen molar-refractivity contribution in [1.29, 1.82) is 0 Å². The van der Waals surface area contributed by atoms with Gasteiger partial charge in [-0.05, 0) is 26.8 Å². The molecule has 0 fully saturated rings. The quantitative estimate of drug-likeness (QED) is 0.607. The van der Waals surface area contributed by atoms with Gasteiger partial charge in [-0.15, -0.1) is 0 Å². The second-order valence-electron chi connectivity index (χ2n) is 3.65. The molecule has 4 nitrogen and oxygen atoms in total. The molecule has 0 saturated carbocycles. The molecule has 0 unspecified atom stereocenters. The number of hydrogen-bond donors (Lipinski definition) is 1. The molecule has 0 aliphatic rings. The van der Waals surface area contributed by atoms with Crippen LogP contribution in [-0.4, -0.2) is 46.2 Å². The smallest absolute Gasteiger partial charge is 0.147 e. The highest BCUT2D eigenvalue weighted by Gasteiger charge is 2.00. The van der Waals surface area contributed by atoms with Crippen molar-refractivity contribution in [2.45, 2.75) is 26.4 Å². The highest BCUT2D eigenvalue weighted by Crippen LogP contribution is 1.88. The van der Waals surface area contributed by atoms with Gasteiger partial charge in [0.2, 0.25) is 0 Å². The van der Waals surface area contributed by atoms with Crippen LogP contribution in [0.1, 0.15) is 20.3 Å². The van der Waals surface area contributed by atoms with Gasteiger partial charge in [0, 0.05) is 12.8 Å². The van der Waals surface area contributed by atoms with Gasteiger partial charge < -0.3 is 10.1 Å². The molecule has 0 aromatic carbocycles. The van der Waals surface area contributed by atoms with Gasteiger partial charge in [0.1, 0.15) is 9.84 Å². The van der Waals surface area contributed by atoms with E-state index in [4.69, 9.17) is 4.74 Å². The SMILES string of the molecule is CC(C)OCCNCCCS(C)(=O)=O. The van der Waals surface area contributed by atoms with Crippen molar-refractivity contribution < 1.29 is 13.2 Å². The minimum atomic E-state index is -2.80. The predicted octanol–water partition coefficient (Wildman–Crippen LogP) is 0.436. The molecule has 0 aliphatic carbocycles. The zero-order chi connectivity index (χ0) is 11.0. The van der Waals surface area contributed by atoms with Gasteiger partial charge in [-0.3, -0.25) is 0 Å². The lowest BCUT2D eigenvalue weighted by Gasteiger charge is -2.07. The number of sulfone groups is 1. The Hall–Kier alpha value is -0.130. The van der Waals surface area contributed by atoms with Crippen molar-refractivity contribution in [3.63, 3.8) is 0 Å². The average Bonchev–Trinajstić information content (AvgIpc) is 2.00. The molecule has 0 amide bonds. The largest absolute Gasteiger partial charge is 0.377 e. The van der Waals surface area contributed by atoms with Gasteiger partial charge in [0.15, 0.2) is 0 Å². The van der Waals surface area contributed by atoms with E-state index in [0.29, 0.717) is 13.0 Å². The van der Waals surface area contributed by atoms with Crippen molar-refractivity contribution in [3.8, 4) is 0 Å². The highest BCUT2D eigenvalue weighted by molar-refractivity contribution is 7.90. The van der Waals surface area contributed by atoms with Gasteiger partial charge in [-0.25, -0.2) is 8.42 Å². The molecule has 0 bridgehead atoms. The summed E-state index contributed by atoms with van der Waals surface area (Å²) in [6.07, 6.45) is 2.18. The van der Waals surface area contributed by atoms with Gasteiger partial charge in [-0.2, -0.15) is 0 Å². The Morgan fingerprint density at radius 2 is 1.93 bits per heavy atom. The summed E-state index contributed by atoms with van der Waals surface area (Å²) in [6, 6.07) is 0. The maximum Gasteiger partial charge on any atom is 0.147 e. The summed E-state index contributed by atoms with van der Waals surface area (Å²) in [4.78, 5) is 0. The molecule has 0 atom stereocenters. The van der Waals surface area contributed by atoms with Crippen molar-refractivity contribution in [2.24, 2.45) is 0 Å². The van der Waals surface area contributed by atoms with Crippen LogP contribution >= 0.6 is 0 Å². The fourth-order valence-electron chi connectivity index (χ4n) is 0.951. The van der Waals surface area contributed by atoms with Gasteiger partial charge in [-0.1, -0.05) is 0 Å². The molecule has 86 valence electrons. The molecule has 5 heteroatoms. The highest BCUT2D eigenvalue weighted by atomic mass is 32.2. The van der Waals surface area contributed by atoms with Crippen molar-refractivity contribution >= 4 is 9.84 Å². The fourth-order valence-corrected chi connectivity index (χ4v) is 1.62. The van der Waals surface area contributed by atoms with E-state index in [9.17, 15) is 8.42 Å². The minimum Gasteiger partial charge on any atom is -0.377 e. The van der Waals surface area contributed by atoms with E-state index in [1.54, 1.807) is 0 Å². The van der Waals surface area contributed by atoms with Gasteiger partial charge >= 0.3 is 0 Å². The third-order valence-electron chi connectivity index (χ3n) is 1.60. The fraction of sp³-hybridized carbons (Fsp3) is 1.00. The Morgan fingerprint density at radius 1 is 1.29 bits per heavy atom. The molecule has 0 aromatic rings. The molecular formula is C9H21NO3S. The van der Waals surface area contributed by atoms with Crippen molar-refractivity contribution in [1.82, 2.24) is 5.32 Å². The Kier molecular flexibility index (Phi) is 7.13. The molecule has 0 aliphatic heterocycles. The minimum absolute atomic E-state index is 0.255. The van der Waals surface area contributed by atoms with Crippen LogP contribution in [0, 0.1) is 0 Å². The summed E-state index contributed by atoms with van der Waals surface area (Å²) in [7, 11) is -2.80. The topological polar surface area (TPSA) is 55.4 Å². The lowest BCUT2D eigenvalue weighted by Crippen LogP contribution is -2.23. The molecule has 0 spiro atoms. The first-order valence-corrected chi connectivity index (χ1v) is 6.98. The average molecular weight is 223 g/mol. The molecule has 0 radical (unpaired) electrons. The summed E-state index contributed by atoms with van der Waals surface area (Å²) in [5.74, 6) is 0.255. The first-order valence-electron chi connectivity index (χ1n) is 4.92. The molecule has 0 rings (SSSR count). The van der Waals surface area contributed by atoms with Crippen LogP contribution in [0.25, 0.3) is 0 Å². The monoisotopic (exact) mass is 223 g/mol. The maximum atomic E-state index is 10.8. The van der Waals surface area contributed by atoms with Gasteiger partial charge in [0.05, 0.1) is 18.5 Å². The normalized spacial score (nSPS) is 12.3. The lowest BCUT2D eigenvalue weighted by molar-refractivity contribution is 0.0809. The summed E-state index contributed by atoms with van der Waals surface area (Å²) >= 11 is 0. The second kappa shape index (κ2) is 7.20. The maximum absolute atomic E-state index is 10.8. The molecular weight excluding hydrogens is 202 g/mol. The number of ether oxygens (including phenoxy) is 1. The van der Waals surface area contributed by atoms with E-state index in [-0.39, 0.29) is 11.9 Å². The van der Waals surface area contributed by atoms with E-state index < -0.39 is 9.84 Å². The molecule has 14 heavy (non-hydrogen) atoms. The standard InChI is InChI=1S/C9H21NO3S/c1-9(2)13-7-6-10-5-4-8-14(3,11)12/h9-10H,4-8H2,1-3H3. The summed E-state index contributed by atoms with van der Waals surface area (Å²) < 4.78 is 26.8. The Bertz CT molecular complexity index is 224. The summed E-state index contributed by atoms with van der Waals surface area (Å²) in [5, 5.41) is 3.12. The van der Waals surface area contributed by atoms with E-state index >= 15 is 0 Å². The van der Waals surface area contributed by atoms with Crippen LogP contribution in [-0.2, 0) is 14.6 Å². The Balaban J connectivity index is 3.15. The first-order chi connectivity index (χ1) is 6.42. The first kappa shape index (κ1) is 13.9. The Labute approximate surface area is 86.9 Å². The van der Waals surface area contributed by atoms with E-state index in [1.165, 1.54) is 6.26 Å². The molecule has 0 saturated heterocycles. The van der Waals surface area contributed by atoms with Crippen LogP contribution in [0.5, 0.6) is 0 Å². The zero-order valence-electron chi connectivity index (χ0n) is 9.25. The number of nitrogens with one attached hydrogen (secondary N) is 1. The predicted molar refractivity (Wildman–Crippen MR) is 58.3 cm³/mol. The zero-order valence-corrected chi connectivity index (χ0v) is 10.1. The van der Waals surface area contributed by atoms with E-state index in [2.05, 4.69) is 5.32 Å². The second-order valence-corrected chi connectivity index (χ2v) is 5.91. The van der Waals surface area contributed by atoms with E-state index in [1.807, 2.05) is 13.8 Å². The van der Waals surface area contributed by atoms with Crippen molar-refractivity contribution in [2.75, 3.05) is 31.7 Å². The number of rotatable bonds is 8. The van der Waals surface area contributed by atoms with Crippen LogP contribution in [0.2, 0.25) is 0 Å². The third kappa shape index (κ3) is 11.9. The molecule has 0 heterocycles. The third-order valence-corrected chi connectivity index (χ3v) is 2.63. The lowest BCUT2D eigenvalue weighted by atomic mass is 10.4. The van der Waals surface area contributed by atoms with Gasteiger partial charge in [0.25, 0.3) is 0 Å². The van der Waals surface area contributed by atoms with Crippen LogP contribution in [0.15, 0.2) is 0 Å². The van der Waals surface area contributed by atoms with Crippen molar-refractivity contribution in [3.05, 3.63) is 0 Å². The van der Waals surface area contributed by atoms with Crippen LogP contribution in [0.4, 0.5) is 0 Å². The molecule has 1 N–H and O–H groups in total. The van der Waals surface area contributed by atoms with E-state index in [0.717, 1.165) is 13.1 Å². The summed E-state index contributed by atoms with van der Waals surface area (Å²) in [5.41, 5.74) is 0. The van der Waals surface area contributed by atoms with Crippen LogP contribution in [0.3, 0.4) is 0 Å². The Morgan fingerprint density at radius 3 is 2.43 bits per heavy atom. The van der Waals surface area contributed by atoms with Crippen LogP contribution < -0.4 is 5.32 Å².